The molecule has 4 aromatic carbocycles. The molecule has 8 rings (SSSR count). The van der Waals surface area contributed by atoms with Gasteiger partial charge in [-0.25, -0.2) is 9.59 Å². The second-order valence-electron chi connectivity index (χ2n) is 35.2. The molecule has 14 atom stereocenters. The van der Waals surface area contributed by atoms with Gasteiger partial charge < -0.3 is 57.6 Å². The first-order valence-electron chi connectivity index (χ1n) is 41.0. The van der Waals surface area contributed by atoms with Crippen LogP contribution in [0.4, 0.5) is 0 Å². The molecule has 0 radical (unpaired) electrons. The largest absolute Gasteiger partial charge is 0.507 e. The number of carbonyl (C=O) groups excluding carboxylic acids is 4. The molecule has 4 saturated heterocycles. The minimum atomic E-state index is -1.43. The van der Waals surface area contributed by atoms with Crippen molar-refractivity contribution in [2.24, 2.45) is 22.7 Å². The summed E-state index contributed by atoms with van der Waals surface area (Å²) < 4.78 is 65.8. The summed E-state index contributed by atoms with van der Waals surface area (Å²) in [4.78, 5) is 57.1. The molecule has 0 unspecified atom stereocenters. The average molecular weight is 1530 g/mol. The van der Waals surface area contributed by atoms with Crippen molar-refractivity contribution in [3.63, 3.8) is 0 Å². The van der Waals surface area contributed by atoms with Crippen molar-refractivity contribution >= 4 is 40.0 Å². The third-order valence-electron chi connectivity index (χ3n) is 23.0. The topological polar surface area (TPSA) is 201 Å². The molecule has 0 aliphatic carbocycles. The van der Waals surface area contributed by atoms with Gasteiger partial charge in [0.25, 0.3) is 0 Å². The highest BCUT2D eigenvalue weighted by Gasteiger charge is 2.45. The highest BCUT2D eigenvalue weighted by Crippen LogP contribution is 2.40. The molecule has 0 saturated carbocycles. The van der Waals surface area contributed by atoms with Crippen LogP contribution in [0.2, 0.25) is 51.4 Å². The van der Waals surface area contributed by atoms with Gasteiger partial charge in [0.05, 0.1) is 98.3 Å². The van der Waals surface area contributed by atoms with E-state index in [0.717, 1.165) is 132 Å². The summed E-state index contributed by atoms with van der Waals surface area (Å²) in [5, 5.41) is 23.1. The lowest BCUT2D eigenvalue weighted by molar-refractivity contribution is -0.174. The number of phenols is 2. The molecule has 16 nitrogen and oxygen atoms in total. The van der Waals surface area contributed by atoms with Gasteiger partial charge in [-0.15, -0.1) is 13.2 Å². The smallest absolute Gasteiger partial charge is 0.342 e. The van der Waals surface area contributed by atoms with Crippen LogP contribution in [0.15, 0.2) is 122 Å². The molecule has 0 aromatic heterocycles. The molecule has 0 amide bonds. The molecule has 0 bridgehead atoms. The molecule has 108 heavy (non-hydrogen) atoms. The maximum absolute atomic E-state index is 15.0. The molecule has 0 spiro atoms. The number of benzene rings is 4. The van der Waals surface area contributed by atoms with E-state index in [2.05, 4.69) is 59.4 Å². The molecule has 4 fully saturated rings. The van der Waals surface area contributed by atoms with Crippen molar-refractivity contribution < 1.29 is 76.8 Å². The van der Waals surface area contributed by atoms with E-state index in [1.54, 1.807) is 24.3 Å². The van der Waals surface area contributed by atoms with Crippen molar-refractivity contribution in [3.8, 4) is 11.5 Å². The zero-order valence-electron chi connectivity index (χ0n) is 67.7. The van der Waals surface area contributed by atoms with E-state index < -0.39 is 63.3 Å². The van der Waals surface area contributed by atoms with Gasteiger partial charge in [-0.3, -0.25) is 9.59 Å². The summed E-state index contributed by atoms with van der Waals surface area (Å²) in [6.45, 7) is 35.1. The molecule has 598 valence electrons. The third kappa shape index (κ3) is 28.0. The van der Waals surface area contributed by atoms with Crippen LogP contribution >= 0.6 is 0 Å². The van der Waals surface area contributed by atoms with Crippen LogP contribution in [-0.4, -0.2) is 137 Å². The number of hydrogen-bond donors (Lipinski definition) is 2. The molecule has 18 heteroatoms. The molecule has 4 heterocycles. The molecule has 4 aliphatic rings. The van der Waals surface area contributed by atoms with Crippen molar-refractivity contribution in [2.75, 3.05) is 13.2 Å². The van der Waals surface area contributed by atoms with Gasteiger partial charge in [0.1, 0.15) is 34.8 Å². The lowest BCUT2D eigenvalue weighted by Crippen LogP contribution is -2.45. The number of esters is 4. The standard InChI is InChI=1S/C90H134O16Si2/c1-15-63(3)79(59-75(99-61-65-31-19-17-20-32-65)57-73-45-29-49-81(103-73)89(5,6)87(95)97-53-55-107(9,10)11)105-85(93)83-67(37-25-47-77(83)91)36-24-41-71-43-28-44-72(102-71)52-51-64(4)80(106-86(94)84-68(38-26-48-78(84)92)35-23-40-70-42-27-39-69(16-2)101-70)60-76(100-62-66-33-21-18-22-34-66)58-74-46-30-50-82(104-74)90(7,8)88(96)98-54-56-108(12,13)14/h15-22,25-26,31-34,37-38,47-48,63-64,69-76,79-82,91-92H,1-2,23-24,27-30,35-36,39-46,49-62H2,3-14H3/t63-,64-,69+,70-,71-,72-,73-,74-,75-,76-,79+,80+,81+,82+/m0/s1. The fraction of sp³-hybridized carbons (Fsp3) is 0.644. The number of carbonyl (C=O) groups is 4. The Morgan fingerprint density at radius 2 is 0.935 bits per heavy atom. The first-order valence-corrected chi connectivity index (χ1v) is 48.5. The molecular formula is C90H134O16Si2. The Morgan fingerprint density at radius 3 is 1.39 bits per heavy atom. The Hall–Kier alpha value is -5.97. The first kappa shape index (κ1) is 87.6. The Labute approximate surface area is 649 Å². The second kappa shape index (κ2) is 42.6. The second-order valence-corrected chi connectivity index (χ2v) is 46.4. The lowest BCUT2D eigenvalue weighted by Gasteiger charge is -2.40. The monoisotopic (exact) mass is 1530 g/mol. The summed E-state index contributed by atoms with van der Waals surface area (Å²) in [5.74, 6) is -2.36. The van der Waals surface area contributed by atoms with Crippen molar-refractivity contribution in [1.82, 2.24) is 0 Å². The van der Waals surface area contributed by atoms with E-state index >= 15 is 0 Å². The van der Waals surface area contributed by atoms with Gasteiger partial charge in [-0.2, -0.15) is 0 Å². The summed E-state index contributed by atoms with van der Waals surface area (Å²) in [6, 6.07) is 32.3. The summed E-state index contributed by atoms with van der Waals surface area (Å²) >= 11 is 0. The third-order valence-corrected chi connectivity index (χ3v) is 26.4. The number of ether oxygens (including phenoxy) is 10. The number of hydrogen-bond acceptors (Lipinski definition) is 16. The summed E-state index contributed by atoms with van der Waals surface area (Å²) in [5.41, 5.74) is 2.06. The Balaban J connectivity index is 0.936. The summed E-state index contributed by atoms with van der Waals surface area (Å²) in [6.07, 6.45) is 18.3. The normalized spacial score (nSPS) is 22.7. The number of aryl methyl sites for hydroxylation is 2. The number of rotatable bonds is 43. The molecule has 2 N–H and O–H groups in total. The Bertz CT molecular complexity index is 3420. The SMILES string of the molecule is C=C[C@@H]1CCC[C@H](CCCc2cccc(O)c2C(=O)O[C@H](C[C@H](C[C@@H]2CCC[C@H](C(C)(C)C(=O)OCC[Si](C)(C)C)O2)OCc2ccccc2)[C@@H](C)CC[C@@H]2CCC[C@H](CCCc3cccc(O)c3C(=O)O[C@H](C[C@H](C[C@@H]3CCC[C@H](C(C)(C)C(=O)OCC[Si](C)(C)C)O3)OCc3ccccc3)[C@@H](C)C=C)O2)O1. The zero-order chi connectivity index (χ0) is 78.0. The lowest BCUT2D eigenvalue weighted by atomic mass is 9.81. The number of aromatic hydroxyl groups is 2. The van der Waals surface area contributed by atoms with Crippen LogP contribution in [0.1, 0.15) is 226 Å². The van der Waals surface area contributed by atoms with Gasteiger partial charge in [0.2, 0.25) is 0 Å². The maximum Gasteiger partial charge on any atom is 0.342 e. The summed E-state index contributed by atoms with van der Waals surface area (Å²) in [7, 11) is -2.84. The minimum Gasteiger partial charge on any atom is -0.507 e. The number of phenolic OH excluding ortho intramolecular Hbond substituents is 2. The van der Waals surface area contributed by atoms with E-state index in [0.29, 0.717) is 83.4 Å². The van der Waals surface area contributed by atoms with Crippen LogP contribution in [0.25, 0.3) is 0 Å². The molecule has 4 aromatic rings. The highest BCUT2D eigenvalue weighted by atomic mass is 28.3. The van der Waals surface area contributed by atoms with Gasteiger partial charge >= 0.3 is 23.9 Å². The van der Waals surface area contributed by atoms with E-state index in [4.69, 9.17) is 47.4 Å². The Morgan fingerprint density at radius 1 is 0.519 bits per heavy atom. The highest BCUT2D eigenvalue weighted by molar-refractivity contribution is 6.76. The quantitative estimate of drug-likeness (QED) is 0.0183. The van der Waals surface area contributed by atoms with Crippen LogP contribution in [0.3, 0.4) is 0 Å². The van der Waals surface area contributed by atoms with Gasteiger partial charge in [-0.05, 0) is 221 Å². The van der Waals surface area contributed by atoms with Gasteiger partial charge in [0.15, 0.2) is 0 Å². The average Bonchev–Trinajstić information content (AvgIpc) is 0.814. The maximum atomic E-state index is 15.0. The van der Waals surface area contributed by atoms with Crippen LogP contribution < -0.4 is 0 Å². The van der Waals surface area contributed by atoms with E-state index in [1.165, 1.54) is 6.07 Å². The van der Waals surface area contributed by atoms with Crippen LogP contribution in [0, 0.1) is 22.7 Å². The first-order chi connectivity index (χ1) is 51.5. The van der Waals surface area contributed by atoms with E-state index in [9.17, 15) is 29.4 Å². The van der Waals surface area contributed by atoms with Crippen LogP contribution in [-0.2, 0) is 83.0 Å². The van der Waals surface area contributed by atoms with Gasteiger partial charge in [0, 0.05) is 34.9 Å². The van der Waals surface area contributed by atoms with E-state index in [1.807, 2.05) is 113 Å². The minimum absolute atomic E-state index is 0.0335. The fourth-order valence-electron chi connectivity index (χ4n) is 15.7. The predicted octanol–water partition coefficient (Wildman–Crippen LogP) is 20.2. The molecule has 4 aliphatic heterocycles. The van der Waals surface area contributed by atoms with Crippen LogP contribution in [0.5, 0.6) is 11.5 Å². The van der Waals surface area contributed by atoms with Crippen molar-refractivity contribution in [2.45, 2.75) is 333 Å². The van der Waals surface area contributed by atoms with Gasteiger partial charge in [-0.1, -0.05) is 150 Å². The zero-order valence-corrected chi connectivity index (χ0v) is 69.7. The predicted molar refractivity (Wildman–Crippen MR) is 433 cm³/mol. The van der Waals surface area contributed by atoms with Crippen molar-refractivity contribution in [3.05, 3.63) is 156 Å². The fourth-order valence-corrected chi connectivity index (χ4v) is 17.1. The Kier molecular flexibility index (Phi) is 34.6. The van der Waals surface area contributed by atoms with Crippen molar-refractivity contribution in [1.29, 1.82) is 0 Å². The molecular weight excluding hydrogens is 1390 g/mol. The van der Waals surface area contributed by atoms with E-state index in [-0.39, 0.29) is 95.2 Å².